The number of primary amides is 1. The Bertz CT molecular complexity index is 974. The fraction of sp³-hybridized carbons (Fsp3) is 0.273. The number of carbonyl (C=O) groups is 2. The monoisotopic (exact) mass is 364 g/mol. The maximum absolute atomic E-state index is 11.6. The van der Waals surface area contributed by atoms with Crippen molar-refractivity contribution < 1.29 is 14.7 Å². The molecule has 1 amide bonds. The number of nitrogens with zero attached hydrogens (tertiary/aromatic N) is 1. The van der Waals surface area contributed by atoms with Crippen LogP contribution in [0.15, 0.2) is 48.5 Å². The van der Waals surface area contributed by atoms with Crippen molar-refractivity contribution in [2.75, 3.05) is 0 Å². The SMILES string of the molecule is Cc1c(CC(N)=O)c2cc(CCCC(=O)O)ccc2n1Cc1ccccc1. The molecule has 3 aromatic rings. The lowest BCUT2D eigenvalue weighted by Gasteiger charge is -2.09. The van der Waals surface area contributed by atoms with Crippen molar-refractivity contribution in [2.45, 2.75) is 39.2 Å². The Labute approximate surface area is 158 Å². The maximum Gasteiger partial charge on any atom is 0.303 e. The molecule has 3 N–H and O–H groups in total. The number of fused-ring (bicyclic) bond motifs is 1. The van der Waals surface area contributed by atoms with E-state index in [1.807, 2.05) is 31.2 Å². The molecule has 0 radical (unpaired) electrons. The topological polar surface area (TPSA) is 85.3 Å². The minimum atomic E-state index is -0.782. The van der Waals surface area contributed by atoms with Gasteiger partial charge in [0.2, 0.25) is 5.91 Å². The van der Waals surface area contributed by atoms with E-state index in [1.54, 1.807) is 0 Å². The molecule has 5 nitrogen and oxygen atoms in total. The largest absolute Gasteiger partial charge is 0.481 e. The summed E-state index contributed by atoms with van der Waals surface area (Å²) in [6, 6.07) is 16.4. The van der Waals surface area contributed by atoms with Crippen LogP contribution >= 0.6 is 0 Å². The molecule has 0 saturated carbocycles. The molecule has 140 valence electrons. The zero-order chi connectivity index (χ0) is 19.4. The molecule has 0 spiro atoms. The van der Waals surface area contributed by atoms with Crippen LogP contribution in [-0.2, 0) is 29.0 Å². The molecule has 0 saturated heterocycles. The van der Waals surface area contributed by atoms with Crippen LogP contribution in [0.4, 0.5) is 0 Å². The van der Waals surface area contributed by atoms with Gasteiger partial charge in [0.1, 0.15) is 0 Å². The highest BCUT2D eigenvalue weighted by Gasteiger charge is 2.16. The smallest absolute Gasteiger partial charge is 0.303 e. The summed E-state index contributed by atoms with van der Waals surface area (Å²) < 4.78 is 2.21. The minimum absolute atomic E-state index is 0.153. The number of rotatable bonds is 8. The third-order valence-corrected chi connectivity index (χ3v) is 4.91. The van der Waals surface area contributed by atoms with Gasteiger partial charge < -0.3 is 15.4 Å². The van der Waals surface area contributed by atoms with Crippen LogP contribution in [0.5, 0.6) is 0 Å². The van der Waals surface area contributed by atoms with Crippen LogP contribution in [0.2, 0.25) is 0 Å². The first-order chi connectivity index (χ1) is 13.0. The van der Waals surface area contributed by atoms with E-state index in [0.717, 1.165) is 34.3 Å². The van der Waals surface area contributed by atoms with Gasteiger partial charge in [0, 0.05) is 29.6 Å². The van der Waals surface area contributed by atoms with Crippen LogP contribution < -0.4 is 5.73 Å². The molecule has 1 heterocycles. The second-order valence-corrected chi connectivity index (χ2v) is 6.88. The van der Waals surface area contributed by atoms with Crippen molar-refractivity contribution in [3.63, 3.8) is 0 Å². The highest BCUT2D eigenvalue weighted by atomic mass is 16.4. The van der Waals surface area contributed by atoms with Crippen LogP contribution in [0.25, 0.3) is 10.9 Å². The Hall–Kier alpha value is -3.08. The predicted octanol–water partition coefficient (Wildman–Crippen LogP) is 3.43. The van der Waals surface area contributed by atoms with Crippen LogP contribution in [0, 0.1) is 6.92 Å². The number of hydrogen-bond acceptors (Lipinski definition) is 2. The van der Waals surface area contributed by atoms with E-state index in [-0.39, 0.29) is 18.7 Å². The predicted molar refractivity (Wildman–Crippen MR) is 106 cm³/mol. The number of carboxylic acids is 1. The number of aromatic nitrogens is 1. The summed E-state index contributed by atoms with van der Waals surface area (Å²) in [4.78, 5) is 22.4. The molecule has 3 rings (SSSR count). The summed E-state index contributed by atoms with van der Waals surface area (Å²) in [6.07, 6.45) is 1.64. The molecule has 5 heteroatoms. The number of aryl methyl sites for hydroxylation is 1. The number of amides is 1. The summed E-state index contributed by atoms with van der Waals surface area (Å²) in [5.74, 6) is -1.14. The first-order valence-electron chi connectivity index (χ1n) is 9.10. The molecule has 0 aliphatic carbocycles. The number of nitrogens with two attached hydrogens (primary N) is 1. The Kier molecular flexibility index (Phi) is 5.60. The van der Waals surface area contributed by atoms with Crippen LogP contribution in [0.1, 0.15) is 35.2 Å². The lowest BCUT2D eigenvalue weighted by atomic mass is 10.0. The molecule has 0 aliphatic rings. The molecule has 0 atom stereocenters. The van der Waals surface area contributed by atoms with Gasteiger partial charge in [0.25, 0.3) is 0 Å². The van der Waals surface area contributed by atoms with Crippen LogP contribution in [-0.4, -0.2) is 21.6 Å². The number of carbonyl (C=O) groups excluding carboxylic acids is 1. The summed E-state index contributed by atoms with van der Waals surface area (Å²) in [5.41, 5.74) is 10.8. The van der Waals surface area contributed by atoms with Crippen LogP contribution in [0.3, 0.4) is 0 Å². The molecule has 0 bridgehead atoms. The van der Waals surface area contributed by atoms with E-state index in [0.29, 0.717) is 12.8 Å². The van der Waals surface area contributed by atoms with Gasteiger partial charge in [0.05, 0.1) is 6.42 Å². The first-order valence-corrected chi connectivity index (χ1v) is 9.10. The zero-order valence-electron chi connectivity index (χ0n) is 15.4. The van der Waals surface area contributed by atoms with E-state index in [9.17, 15) is 9.59 Å². The molecule has 0 unspecified atom stereocenters. The normalized spacial score (nSPS) is 11.0. The Morgan fingerprint density at radius 1 is 1.07 bits per heavy atom. The highest BCUT2D eigenvalue weighted by molar-refractivity contribution is 5.90. The number of carboxylic acid groups (broad SMARTS) is 1. The van der Waals surface area contributed by atoms with E-state index < -0.39 is 5.97 Å². The lowest BCUT2D eigenvalue weighted by molar-refractivity contribution is -0.137. The molecular formula is C22H24N2O3. The van der Waals surface area contributed by atoms with Gasteiger partial charge in [0.15, 0.2) is 0 Å². The number of benzene rings is 2. The van der Waals surface area contributed by atoms with Crippen molar-refractivity contribution in [3.8, 4) is 0 Å². The fourth-order valence-corrected chi connectivity index (χ4v) is 3.57. The summed E-state index contributed by atoms with van der Waals surface area (Å²) in [6.45, 7) is 2.74. The van der Waals surface area contributed by atoms with Crippen molar-refractivity contribution in [3.05, 3.63) is 70.9 Å². The second kappa shape index (κ2) is 8.08. The van der Waals surface area contributed by atoms with Gasteiger partial charge in [-0.1, -0.05) is 36.4 Å². The van der Waals surface area contributed by atoms with Gasteiger partial charge in [-0.25, -0.2) is 0 Å². The maximum atomic E-state index is 11.6. The number of aliphatic carboxylic acids is 1. The van der Waals surface area contributed by atoms with E-state index in [2.05, 4.69) is 28.8 Å². The highest BCUT2D eigenvalue weighted by Crippen LogP contribution is 2.29. The molecule has 1 aromatic heterocycles. The Balaban J connectivity index is 2.01. The third-order valence-electron chi connectivity index (χ3n) is 4.91. The van der Waals surface area contributed by atoms with Gasteiger partial charge in [-0.15, -0.1) is 0 Å². The molecule has 0 fully saturated rings. The quantitative estimate of drug-likeness (QED) is 0.642. The van der Waals surface area contributed by atoms with E-state index >= 15 is 0 Å². The first kappa shape index (κ1) is 18.7. The zero-order valence-corrected chi connectivity index (χ0v) is 15.4. The molecular weight excluding hydrogens is 340 g/mol. The van der Waals surface area contributed by atoms with E-state index in [4.69, 9.17) is 10.8 Å². The fourth-order valence-electron chi connectivity index (χ4n) is 3.57. The number of hydrogen-bond donors (Lipinski definition) is 2. The van der Waals surface area contributed by atoms with Crippen molar-refractivity contribution in [1.82, 2.24) is 4.57 Å². The van der Waals surface area contributed by atoms with Crippen molar-refractivity contribution in [2.24, 2.45) is 5.73 Å². The van der Waals surface area contributed by atoms with E-state index in [1.165, 1.54) is 5.56 Å². The summed E-state index contributed by atoms with van der Waals surface area (Å²) >= 11 is 0. The van der Waals surface area contributed by atoms with Gasteiger partial charge in [-0.3, -0.25) is 9.59 Å². The standard InChI is InChI=1S/C22H24N2O3/c1-15-18(13-21(23)25)19-12-16(8-5-9-22(26)27)10-11-20(19)24(15)14-17-6-3-2-4-7-17/h2-4,6-7,10-12H,5,8-9,13-14H2,1H3,(H2,23,25)(H,26,27). The second-order valence-electron chi connectivity index (χ2n) is 6.88. The van der Waals surface area contributed by atoms with Crippen molar-refractivity contribution in [1.29, 1.82) is 0 Å². The Morgan fingerprint density at radius 3 is 2.48 bits per heavy atom. The molecule has 2 aromatic carbocycles. The molecule has 27 heavy (non-hydrogen) atoms. The third kappa shape index (κ3) is 4.37. The van der Waals surface area contributed by atoms with Gasteiger partial charge >= 0.3 is 5.97 Å². The average molecular weight is 364 g/mol. The average Bonchev–Trinajstić information content (AvgIpc) is 2.87. The van der Waals surface area contributed by atoms with Gasteiger partial charge in [-0.05, 0) is 48.6 Å². The van der Waals surface area contributed by atoms with Crippen molar-refractivity contribution >= 4 is 22.8 Å². The lowest BCUT2D eigenvalue weighted by Crippen LogP contribution is -2.14. The molecule has 0 aliphatic heterocycles. The Morgan fingerprint density at radius 2 is 1.81 bits per heavy atom. The summed E-state index contributed by atoms with van der Waals surface area (Å²) in [7, 11) is 0. The summed E-state index contributed by atoms with van der Waals surface area (Å²) in [5, 5.41) is 9.85. The van der Waals surface area contributed by atoms with Gasteiger partial charge in [-0.2, -0.15) is 0 Å². The minimum Gasteiger partial charge on any atom is -0.481 e.